The molecule has 3 heterocycles. The minimum Gasteiger partial charge on any atom is -0.342 e. The molecule has 0 radical (unpaired) electrons. The molecule has 1 fully saturated rings. The van der Waals surface area contributed by atoms with Gasteiger partial charge >= 0.3 is 0 Å². The second-order valence-electron chi connectivity index (χ2n) is 11.3. The third kappa shape index (κ3) is 3.32. The summed E-state index contributed by atoms with van der Waals surface area (Å²) in [5, 5.41) is 0. The first kappa shape index (κ1) is 22.2. The van der Waals surface area contributed by atoms with Crippen LogP contribution in [0.5, 0.6) is 0 Å². The highest BCUT2D eigenvalue weighted by molar-refractivity contribution is 7.00. The van der Waals surface area contributed by atoms with E-state index in [0.29, 0.717) is 5.92 Å². The Kier molecular flexibility index (Phi) is 5.21. The maximum Gasteiger partial charge on any atom is 0.252 e. The van der Waals surface area contributed by atoms with Gasteiger partial charge in [-0.2, -0.15) is 0 Å². The number of para-hydroxylation sites is 3. The lowest BCUT2D eigenvalue weighted by atomic mass is 9.33. The second kappa shape index (κ2) is 8.91. The van der Waals surface area contributed by atoms with Crippen LogP contribution in [0.3, 0.4) is 0 Å². The van der Waals surface area contributed by atoms with Crippen LogP contribution in [0.2, 0.25) is 0 Å². The van der Waals surface area contributed by atoms with E-state index in [0.717, 1.165) is 19.5 Å². The number of aliphatic imine (C=N–C) groups is 1. The van der Waals surface area contributed by atoms with Gasteiger partial charge in [0.25, 0.3) is 6.71 Å². The molecule has 1 saturated carbocycles. The second-order valence-corrected chi connectivity index (χ2v) is 11.3. The Balaban J connectivity index is 1.46. The van der Waals surface area contributed by atoms with Crippen LogP contribution in [0, 0.1) is 0 Å². The predicted molar refractivity (Wildman–Crippen MR) is 162 cm³/mol. The monoisotopic (exact) mass is 493 g/mol. The molecule has 3 aliphatic heterocycles. The van der Waals surface area contributed by atoms with Crippen molar-refractivity contribution in [3.63, 3.8) is 0 Å². The van der Waals surface area contributed by atoms with Crippen molar-refractivity contribution in [2.45, 2.75) is 51.0 Å². The van der Waals surface area contributed by atoms with Crippen molar-refractivity contribution in [2.24, 2.45) is 4.99 Å². The van der Waals surface area contributed by atoms with Crippen LogP contribution >= 0.6 is 0 Å². The summed E-state index contributed by atoms with van der Waals surface area (Å²) < 4.78 is 0. The quantitative estimate of drug-likeness (QED) is 0.263. The Bertz CT molecular complexity index is 1550. The van der Waals surface area contributed by atoms with Crippen molar-refractivity contribution < 1.29 is 0 Å². The highest BCUT2D eigenvalue weighted by atomic mass is 15.2. The molecule has 4 aliphatic rings. The van der Waals surface area contributed by atoms with Crippen molar-refractivity contribution in [1.29, 1.82) is 0 Å². The summed E-state index contributed by atoms with van der Waals surface area (Å²) in [6.07, 6.45) is 9.78. The van der Waals surface area contributed by atoms with Crippen molar-refractivity contribution in [2.75, 3.05) is 16.3 Å². The van der Waals surface area contributed by atoms with Gasteiger partial charge in [-0.1, -0.05) is 73.9 Å². The first-order valence-electron chi connectivity index (χ1n) is 14.4. The first-order chi connectivity index (χ1) is 18.9. The number of fused-ring (bicyclic) bond motifs is 4. The maximum absolute atomic E-state index is 4.77. The maximum atomic E-state index is 4.77. The van der Waals surface area contributed by atoms with Crippen LogP contribution < -0.4 is 26.2 Å². The molecule has 3 nitrogen and oxygen atoms in total. The van der Waals surface area contributed by atoms with Crippen LogP contribution in [0.25, 0.3) is 0 Å². The summed E-state index contributed by atoms with van der Waals surface area (Å²) in [7, 11) is 0. The molecule has 0 bridgehead atoms. The number of hydrogen-bond donors (Lipinski definition) is 0. The molecule has 1 aliphatic carbocycles. The molecule has 0 aromatic heterocycles. The summed E-state index contributed by atoms with van der Waals surface area (Å²) in [6.45, 7) is 1.95. The zero-order valence-corrected chi connectivity index (χ0v) is 21.8. The molecule has 4 heteroatoms. The zero-order chi connectivity index (χ0) is 25.1. The van der Waals surface area contributed by atoms with Crippen molar-refractivity contribution in [3.8, 4) is 0 Å². The third-order valence-corrected chi connectivity index (χ3v) is 9.16. The Labute approximate surface area is 225 Å². The number of hydrogen-bond acceptors (Lipinski definition) is 3. The average Bonchev–Trinajstić information content (AvgIpc) is 2.97. The largest absolute Gasteiger partial charge is 0.342 e. The number of anilines is 5. The lowest BCUT2D eigenvalue weighted by Gasteiger charge is -2.45. The number of rotatable bonds is 2. The standard InChI is InChI=1S/C34H32BN3/c1-3-11-24(12-4-1)26-21-31-33-32(22-26)38(27-14-5-2-6-15-27)30-18-8-7-16-28(30)35(33)29-17-9-13-25-23-36-19-10-20-37(31)34(25)29/h2,5-9,13-19,21-22,24H,1,3-4,10-12,20,23H2. The fourth-order valence-corrected chi connectivity index (χ4v) is 7.51. The van der Waals surface area contributed by atoms with Gasteiger partial charge in [-0.25, -0.2) is 0 Å². The summed E-state index contributed by atoms with van der Waals surface area (Å²) in [5.74, 6) is 0.645. The summed E-state index contributed by atoms with van der Waals surface area (Å²) >= 11 is 0. The molecule has 4 aromatic rings. The van der Waals surface area contributed by atoms with Gasteiger partial charge in [0.15, 0.2) is 0 Å². The Morgan fingerprint density at radius 3 is 2.42 bits per heavy atom. The van der Waals surface area contributed by atoms with Gasteiger partial charge in [0.1, 0.15) is 0 Å². The molecule has 0 unspecified atom stereocenters. The van der Waals surface area contributed by atoms with E-state index in [1.54, 1.807) is 0 Å². The van der Waals surface area contributed by atoms with E-state index in [-0.39, 0.29) is 6.71 Å². The van der Waals surface area contributed by atoms with Crippen molar-refractivity contribution in [1.82, 2.24) is 0 Å². The zero-order valence-electron chi connectivity index (χ0n) is 21.8. The Morgan fingerprint density at radius 2 is 1.53 bits per heavy atom. The number of benzene rings is 4. The van der Waals surface area contributed by atoms with E-state index in [2.05, 4.69) is 101 Å². The lowest BCUT2D eigenvalue weighted by molar-refractivity contribution is 0.444. The summed E-state index contributed by atoms with van der Waals surface area (Å²) in [4.78, 5) is 9.96. The Morgan fingerprint density at radius 1 is 0.737 bits per heavy atom. The first-order valence-corrected chi connectivity index (χ1v) is 14.4. The van der Waals surface area contributed by atoms with Gasteiger partial charge in [-0.3, -0.25) is 4.99 Å². The van der Waals surface area contributed by atoms with Crippen LogP contribution in [0.15, 0.2) is 89.9 Å². The molecule has 0 spiro atoms. The van der Waals surface area contributed by atoms with Gasteiger partial charge in [-0.05, 0) is 76.6 Å². The highest BCUT2D eigenvalue weighted by Gasteiger charge is 2.43. The lowest BCUT2D eigenvalue weighted by Crippen LogP contribution is -2.62. The van der Waals surface area contributed by atoms with Gasteiger partial charge in [0.2, 0.25) is 0 Å². The van der Waals surface area contributed by atoms with E-state index in [1.165, 1.54) is 88.1 Å². The Hall–Kier alpha value is -3.79. The smallest absolute Gasteiger partial charge is 0.252 e. The van der Waals surface area contributed by atoms with E-state index < -0.39 is 0 Å². The van der Waals surface area contributed by atoms with E-state index in [9.17, 15) is 0 Å². The summed E-state index contributed by atoms with van der Waals surface area (Å²) in [5.41, 5.74) is 13.9. The molecule has 0 N–H and O–H groups in total. The highest BCUT2D eigenvalue weighted by Crippen LogP contribution is 2.45. The van der Waals surface area contributed by atoms with Gasteiger partial charge in [-0.15, -0.1) is 0 Å². The molecule has 186 valence electrons. The van der Waals surface area contributed by atoms with E-state index in [4.69, 9.17) is 4.99 Å². The minimum absolute atomic E-state index is 0.228. The van der Waals surface area contributed by atoms with E-state index in [1.807, 2.05) is 0 Å². The fraction of sp³-hybridized carbons (Fsp3) is 0.265. The molecule has 4 aromatic carbocycles. The molecule has 0 atom stereocenters. The third-order valence-electron chi connectivity index (χ3n) is 9.16. The van der Waals surface area contributed by atoms with Crippen LogP contribution in [0.1, 0.15) is 55.6 Å². The molecular weight excluding hydrogens is 461 g/mol. The topological polar surface area (TPSA) is 18.8 Å². The van der Waals surface area contributed by atoms with Crippen LogP contribution in [-0.2, 0) is 6.54 Å². The van der Waals surface area contributed by atoms with Crippen molar-refractivity contribution >= 4 is 57.8 Å². The SMILES string of the molecule is C1=NCc2cccc3c2N(CC1)c1cc(C2CCCCC2)cc2c1B3c1ccccc1N2c1ccccc1. The molecule has 38 heavy (non-hydrogen) atoms. The summed E-state index contributed by atoms with van der Waals surface area (Å²) in [6, 6.07) is 32.1. The van der Waals surface area contributed by atoms with Gasteiger partial charge < -0.3 is 9.80 Å². The van der Waals surface area contributed by atoms with Crippen LogP contribution in [-0.4, -0.2) is 19.5 Å². The number of nitrogens with zero attached hydrogens (tertiary/aromatic N) is 3. The van der Waals surface area contributed by atoms with E-state index >= 15 is 0 Å². The normalized spacial score (nSPS) is 17.8. The fourth-order valence-electron chi connectivity index (χ4n) is 7.51. The van der Waals surface area contributed by atoms with Crippen molar-refractivity contribution in [3.05, 3.63) is 96.1 Å². The van der Waals surface area contributed by atoms with Crippen LogP contribution in [0.4, 0.5) is 28.4 Å². The van der Waals surface area contributed by atoms with Gasteiger partial charge in [0.05, 0.1) is 6.54 Å². The van der Waals surface area contributed by atoms with Gasteiger partial charge in [0, 0.05) is 47.6 Å². The average molecular weight is 493 g/mol. The molecular formula is C34H32BN3. The predicted octanol–water partition coefficient (Wildman–Crippen LogP) is 6.46. The molecule has 8 rings (SSSR count). The molecule has 0 amide bonds. The molecule has 0 saturated heterocycles. The minimum atomic E-state index is 0.228.